The van der Waals surface area contributed by atoms with Gasteiger partial charge in [0.05, 0.1) is 0 Å². The Morgan fingerprint density at radius 3 is 0.443 bits per heavy atom. The molecule has 0 saturated carbocycles. The van der Waals surface area contributed by atoms with Gasteiger partial charge in [0.25, 0.3) is 0 Å². The highest BCUT2D eigenvalue weighted by atomic mass is 16.5. The Kier molecular flexibility index (Phi) is 72.0. The molecule has 0 atom stereocenters. The minimum absolute atomic E-state index is 0.146. The number of rotatable bonds is 75. The molecule has 522 valence electrons. The van der Waals surface area contributed by atoms with Gasteiger partial charge in [-0.2, -0.15) is 0 Å². The number of hydrogen-bond donors (Lipinski definition) is 0. The van der Waals surface area contributed by atoms with Crippen LogP contribution in [0.5, 0.6) is 0 Å². The summed E-state index contributed by atoms with van der Waals surface area (Å²) in [6.07, 6.45) is 73.4. The van der Waals surface area contributed by atoms with Gasteiger partial charge in [-0.15, -0.1) is 0 Å². The molecular formula is C78H152N2O8. The molecule has 0 aliphatic heterocycles. The summed E-state index contributed by atoms with van der Waals surface area (Å²) in [4.78, 5) is 56.1. The molecule has 0 aromatic heterocycles. The van der Waals surface area contributed by atoms with Gasteiger partial charge < -0.3 is 18.9 Å². The van der Waals surface area contributed by atoms with Crippen molar-refractivity contribution in [3.8, 4) is 0 Å². The Bertz CT molecular complexity index is 1230. The minimum Gasteiger partial charge on any atom is -0.464 e. The molecule has 10 nitrogen and oxygen atoms in total. The number of carbonyl (C=O) groups excluding carboxylic acids is 4. The second-order valence-corrected chi connectivity index (χ2v) is 26.9. The van der Waals surface area contributed by atoms with Crippen LogP contribution in [-0.2, 0) is 38.1 Å². The Morgan fingerprint density at radius 1 is 0.182 bits per heavy atom. The zero-order chi connectivity index (χ0) is 63.8. The van der Waals surface area contributed by atoms with Gasteiger partial charge in [0.15, 0.2) is 0 Å². The molecule has 0 aliphatic rings. The third kappa shape index (κ3) is 69.7. The molecule has 0 aliphatic carbocycles. The molecule has 0 saturated heterocycles. The predicted octanol–water partition coefficient (Wildman–Crippen LogP) is 23.2. The summed E-state index contributed by atoms with van der Waals surface area (Å²) in [5.41, 5.74) is 0. The average Bonchev–Trinajstić information content (AvgIpc) is 3.55. The molecular weight excluding hydrogens is 1090 g/mol. The third-order valence-electron chi connectivity index (χ3n) is 18.4. The van der Waals surface area contributed by atoms with Crippen LogP contribution in [-0.4, -0.2) is 99.4 Å². The van der Waals surface area contributed by atoms with Crippen molar-refractivity contribution in [2.24, 2.45) is 0 Å². The van der Waals surface area contributed by atoms with Gasteiger partial charge in [0, 0.05) is 65.0 Å². The van der Waals surface area contributed by atoms with Gasteiger partial charge in [0.2, 0.25) is 0 Å². The van der Waals surface area contributed by atoms with Crippen molar-refractivity contribution in [3.05, 3.63) is 0 Å². The third-order valence-corrected chi connectivity index (χ3v) is 18.4. The van der Waals surface area contributed by atoms with Crippen LogP contribution in [0.3, 0.4) is 0 Å². The van der Waals surface area contributed by atoms with Crippen LogP contribution in [0.4, 0.5) is 0 Å². The lowest BCUT2D eigenvalue weighted by Crippen LogP contribution is -2.41. The van der Waals surface area contributed by atoms with Crippen molar-refractivity contribution in [1.82, 2.24) is 9.80 Å². The highest BCUT2D eigenvalue weighted by molar-refractivity contribution is 5.70. The molecule has 0 unspecified atom stereocenters. The molecule has 0 aromatic carbocycles. The largest absolute Gasteiger partial charge is 0.464 e. The van der Waals surface area contributed by atoms with E-state index in [1.54, 1.807) is 0 Å². The fraction of sp³-hybridized carbons (Fsp3) is 0.949. The van der Waals surface area contributed by atoms with E-state index >= 15 is 0 Å². The SMILES string of the molecule is CCCCCCCCCCCCCCCCC(=O)OCCN(CCOC(=O)CCCCCCCCCCCCCCCC)CCN(CCOC(=O)CCCCCCCCCCCCCCCC)CCOC(=O)CCCCCCCCCCCCCCCC. The topological polar surface area (TPSA) is 112 Å². The molecule has 0 spiro atoms. The summed E-state index contributed by atoms with van der Waals surface area (Å²) in [6, 6.07) is 0. The molecule has 88 heavy (non-hydrogen) atoms. The first-order chi connectivity index (χ1) is 43.4. The molecule has 0 bridgehead atoms. The fourth-order valence-corrected chi connectivity index (χ4v) is 12.3. The molecule has 0 amide bonds. The predicted molar refractivity (Wildman–Crippen MR) is 376 cm³/mol. The smallest absolute Gasteiger partial charge is 0.305 e. The van der Waals surface area contributed by atoms with Crippen LogP contribution in [0.15, 0.2) is 0 Å². The van der Waals surface area contributed by atoms with E-state index in [9.17, 15) is 19.2 Å². The van der Waals surface area contributed by atoms with E-state index in [2.05, 4.69) is 37.5 Å². The number of nitrogens with zero attached hydrogens (tertiary/aromatic N) is 2. The van der Waals surface area contributed by atoms with Gasteiger partial charge in [0.1, 0.15) is 26.4 Å². The normalized spacial score (nSPS) is 11.6. The van der Waals surface area contributed by atoms with Gasteiger partial charge in [-0.25, -0.2) is 0 Å². The summed E-state index contributed by atoms with van der Waals surface area (Å²) in [5, 5.41) is 0. The van der Waals surface area contributed by atoms with Gasteiger partial charge in [-0.1, -0.05) is 362 Å². The lowest BCUT2D eigenvalue weighted by molar-refractivity contribution is -0.146. The lowest BCUT2D eigenvalue weighted by atomic mass is 10.0. The van der Waals surface area contributed by atoms with Gasteiger partial charge >= 0.3 is 23.9 Å². The molecule has 0 radical (unpaired) electrons. The van der Waals surface area contributed by atoms with E-state index in [0.29, 0.717) is 65.0 Å². The first-order valence-corrected chi connectivity index (χ1v) is 39.4. The van der Waals surface area contributed by atoms with E-state index in [1.165, 1.54) is 308 Å². The van der Waals surface area contributed by atoms with Crippen molar-refractivity contribution < 1.29 is 38.1 Å². The van der Waals surface area contributed by atoms with Gasteiger partial charge in [-0.3, -0.25) is 29.0 Å². The standard InChI is InChI=1S/C78H152N2O8/c1-5-9-13-17-21-25-29-33-37-41-45-49-53-57-61-75(81)85-71-67-79(68-72-86-76(82)62-58-54-50-46-42-38-34-30-26-22-18-14-10-6-2)65-66-80(69-73-87-77(83)63-59-55-51-47-43-39-35-31-27-23-19-15-11-7-3)70-74-88-78(84)64-60-56-52-48-44-40-36-32-28-24-20-16-12-8-4/h5-74H2,1-4H3. The number of unbranched alkanes of at least 4 members (excludes halogenated alkanes) is 52. The molecule has 10 heteroatoms. The van der Waals surface area contributed by atoms with E-state index in [4.69, 9.17) is 18.9 Å². The van der Waals surface area contributed by atoms with E-state index in [0.717, 1.165) is 51.4 Å². The number of carbonyl (C=O) groups is 4. The first kappa shape index (κ1) is 85.8. The lowest BCUT2D eigenvalue weighted by Gasteiger charge is -2.27. The van der Waals surface area contributed by atoms with Crippen molar-refractivity contribution >= 4 is 23.9 Å². The van der Waals surface area contributed by atoms with Crippen molar-refractivity contribution in [1.29, 1.82) is 0 Å². The van der Waals surface area contributed by atoms with Crippen LogP contribution >= 0.6 is 0 Å². The maximum atomic E-state index is 12.9. The summed E-state index contributed by atoms with van der Waals surface area (Å²) in [7, 11) is 0. The van der Waals surface area contributed by atoms with Crippen LogP contribution in [0.25, 0.3) is 0 Å². The summed E-state index contributed by atoms with van der Waals surface area (Å²) < 4.78 is 23.2. The van der Waals surface area contributed by atoms with Crippen molar-refractivity contribution in [2.75, 3.05) is 65.7 Å². The average molecular weight is 1250 g/mol. The van der Waals surface area contributed by atoms with Gasteiger partial charge in [-0.05, 0) is 25.7 Å². The second-order valence-electron chi connectivity index (χ2n) is 26.9. The molecule has 0 N–H and O–H groups in total. The highest BCUT2D eigenvalue weighted by Crippen LogP contribution is 2.19. The summed E-state index contributed by atoms with van der Waals surface area (Å²) in [5.74, 6) is -0.586. The maximum absolute atomic E-state index is 12.9. The van der Waals surface area contributed by atoms with Crippen molar-refractivity contribution in [3.63, 3.8) is 0 Å². The van der Waals surface area contributed by atoms with Crippen LogP contribution in [0.1, 0.15) is 413 Å². The van der Waals surface area contributed by atoms with E-state index in [1.807, 2.05) is 0 Å². The zero-order valence-electron chi connectivity index (χ0n) is 59.7. The number of esters is 4. The monoisotopic (exact) mass is 1250 g/mol. The van der Waals surface area contributed by atoms with Crippen LogP contribution < -0.4 is 0 Å². The Morgan fingerprint density at radius 2 is 0.307 bits per heavy atom. The maximum Gasteiger partial charge on any atom is 0.305 e. The Labute approximate surface area is 547 Å². The van der Waals surface area contributed by atoms with Crippen LogP contribution in [0.2, 0.25) is 0 Å². The van der Waals surface area contributed by atoms with Crippen molar-refractivity contribution in [2.45, 2.75) is 413 Å². The Balaban J connectivity index is 5.22. The highest BCUT2D eigenvalue weighted by Gasteiger charge is 2.15. The van der Waals surface area contributed by atoms with E-state index < -0.39 is 0 Å². The fourth-order valence-electron chi connectivity index (χ4n) is 12.3. The Hall–Kier alpha value is -2.20. The molecule has 0 rings (SSSR count). The van der Waals surface area contributed by atoms with Crippen LogP contribution in [0, 0.1) is 0 Å². The van der Waals surface area contributed by atoms with E-state index in [-0.39, 0.29) is 50.3 Å². The second kappa shape index (κ2) is 73.8. The number of hydrogen-bond acceptors (Lipinski definition) is 10. The molecule has 0 heterocycles. The summed E-state index contributed by atoms with van der Waals surface area (Å²) >= 11 is 0. The summed E-state index contributed by atoms with van der Waals surface area (Å²) in [6.45, 7) is 13.6. The minimum atomic E-state index is -0.146. The first-order valence-electron chi connectivity index (χ1n) is 39.4. The number of ether oxygens (including phenoxy) is 4. The molecule has 0 fully saturated rings. The quantitative estimate of drug-likeness (QED) is 0.0331. The zero-order valence-corrected chi connectivity index (χ0v) is 59.7. The molecule has 0 aromatic rings.